The smallest absolute Gasteiger partial charge is 0.180 e. The van der Waals surface area contributed by atoms with Gasteiger partial charge in [-0.05, 0) is 68.7 Å². The van der Waals surface area contributed by atoms with Crippen molar-refractivity contribution in [2.24, 2.45) is 0 Å². The van der Waals surface area contributed by atoms with Crippen molar-refractivity contribution < 1.29 is 4.74 Å². The summed E-state index contributed by atoms with van der Waals surface area (Å²) in [5.41, 5.74) is 10.3. The standard InChI is InChI=1S/C48H27N3OS/c1-3-13-31-28(11-1)22-24-37-42(31)33-23-21-30(27-38(33)48(37)35-16-6-8-18-39(35)52-40-19-9-7-17-36(40)48)43-46-44(34-15-5-10-20-41(34)53-46)51-47(50-43)45-32-14-4-2-12-29(32)25-26-49-45/h1-27H. The molecule has 4 nitrogen and oxygen atoms in total. The lowest BCUT2D eigenvalue weighted by atomic mass is 9.66. The molecule has 53 heavy (non-hydrogen) atoms. The van der Waals surface area contributed by atoms with E-state index in [1.807, 2.05) is 12.3 Å². The molecule has 0 saturated carbocycles. The molecule has 0 unspecified atom stereocenters. The Morgan fingerprint density at radius 1 is 0.509 bits per heavy atom. The highest BCUT2D eigenvalue weighted by Crippen LogP contribution is 2.63. The number of benzene rings is 7. The third-order valence-corrected chi connectivity index (χ3v) is 12.4. The monoisotopic (exact) mass is 693 g/mol. The molecule has 1 aliphatic carbocycles. The topological polar surface area (TPSA) is 47.9 Å². The lowest BCUT2D eigenvalue weighted by molar-refractivity contribution is 0.436. The van der Waals surface area contributed by atoms with Gasteiger partial charge in [0.05, 0.1) is 21.3 Å². The Balaban J connectivity index is 1.21. The predicted octanol–water partition coefficient (Wildman–Crippen LogP) is 12.3. The van der Waals surface area contributed by atoms with Crippen LogP contribution in [0.15, 0.2) is 164 Å². The summed E-state index contributed by atoms with van der Waals surface area (Å²) < 4.78 is 8.91. The maximum atomic E-state index is 6.66. The van der Waals surface area contributed by atoms with Crippen LogP contribution in [-0.4, -0.2) is 15.0 Å². The summed E-state index contributed by atoms with van der Waals surface area (Å²) >= 11 is 1.75. The summed E-state index contributed by atoms with van der Waals surface area (Å²) in [5.74, 6) is 2.38. The Bertz CT molecular complexity index is 3130. The van der Waals surface area contributed by atoms with Gasteiger partial charge in [-0.25, -0.2) is 9.97 Å². The fraction of sp³-hybridized carbons (Fsp3) is 0.0208. The zero-order valence-electron chi connectivity index (χ0n) is 28.2. The van der Waals surface area contributed by atoms with E-state index in [1.165, 1.54) is 37.7 Å². The van der Waals surface area contributed by atoms with Crippen molar-refractivity contribution >= 4 is 53.2 Å². The van der Waals surface area contributed by atoms with E-state index in [9.17, 15) is 0 Å². The van der Waals surface area contributed by atoms with E-state index >= 15 is 0 Å². The van der Waals surface area contributed by atoms with Crippen LogP contribution in [0.2, 0.25) is 0 Å². The van der Waals surface area contributed by atoms with Gasteiger partial charge >= 0.3 is 0 Å². The summed E-state index contributed by atoms with van der Waals surface area (Å²) in [6, 6.07) is 56.3. The summed E-state index contributed by atoms with van der Waals surface area (Å²) in [6.07, 6.45) is 1.86. The minimum atomic E-state index is -0.609. The highest BCUT2D eigenvalue weighted by atomic mass is 32.1. The van der Waals surface area contributed by atoms with Crippen LogP contribution < -0.4 is 4.74 Å². The molecule has 5 heteroatoms. The Morgan fingerprint density at radius 2 is 1.19 bits per heavy atom. The highest BCUT2D eigenvalue weighted by molar-refractivity contribution is 7.26. The molecule has 0 fully saturated rings. The normalized spacial score (nSPS) is 13.6. The Kier molecular flexibility index (Phi) is 5.83. The SMILES string of the molecule is c1ccc2c(c1)Oc1ccccc1C21c2cc(-c3nc(-c4nccc5ccccc45)nc4c3sc3ccccc34)ccc2-c2c1ccc1ccccc21. The van der Waals surface area contributed by atoms with Crippen LogP contribution in [0.5, 0.6) is 11.5 Å². The molecule has 10 aromatic rings. The van der Waals surface area contributed by atoms with E-state index in [1.54, 1.807) is 11.3 Å². The fourth-order valence-corrected chi connectivity index (χ4v) is 10.2. The van der Waals surface area contributed by atoms with Gasteiger partial charge < -0.3 is 4.74 Å². The first-order valence-electron chi connectivity index (χ1n) is 17.9. The maximum absolute atomic E-state index is 6.66. The number of rotatable bonds is 2. The van der Waals surface area contributed by atoms with Gasteiger partial charge in [-0.15, -0.1) is 11.3 Å². The summed E-state index contributed by atoms with van der Waals surface area (Å²) in [5, 5.41) is 5.74. The van der Waals surface area contributed by atoms with Crippen molar-refractivity contribution in [3.05, 3.63) is 186 Å². The van der Waals surface area contributed by atoms with Crippen LogP contribution in [-0.2, 0) is 5.41 Å². The third-order valence-electron chi connectivity index (χ3n) is 11.2. The minimum absolute atomic E-state index is 0.609. The Hall–Kier alpha value is -6.69. The minimum Gasteiger partial charge on any atom is -0.457 e. The van der Waals surface area contributed by atoms with Gasteiger partial charge in [0.25, 0.3) is 0 Å². The number of thiophene rings is 1. The number of nitrogens with zero attached hydrogens (tertiary/aromatic N) is 3. The number of ether oxygens (including phenoxy) is 1. The molecule has 12 rings (SSSR count). The summed E-state index contributed by atoms with van der Waals surface area (Å²) in [4.78, 5) is 15.6. The van der Waals surface area contributed by atoms with Crippen molar-refractivity contribution in [2.75, 3.05) is 0 Å². The van der Waals surface area contributed by atoms with Gasteiger partial charge in [0.2, 0.25) is 0 Å². The molecule has 4 heterocycles. The molecule has 1 spiro atoms. The van der Waals surface area contributed by atoms with Crippen molar-refractivity contribution in [3.63, 3.8) is 0 Å². The molecule has 0 amide bonds. The number of pyridine rings is 1. The van der Waals surface area contributed by atoms with Crippen LogP contribution in [0.4, 0.5) is 0 Å². The molecule has 0 radical (unpaired) electrons. The third kappa shape index (κ3) is 3.86. The molecule has 0 atom stereocenters. The molecular formula is C48H27N3OS. The molecular weight excluding hydrogens is 667 g/mol. The number of fused-ring (bicyclic) bond motifs is 15. The van der Waals surface area contributed by atoms with E-state index in [0.29, 0.717) is 5.82 Å². The second-order valence-corrected chi connectivity index (χ2v) is 14.9. The van der Waals surface area contributed by atoms with Crippen molar-refractivity contribution in [1.82, 2.24) is 15.0 Å². The summed E-state index contributed by atoms with van der Waals surface area (Å²) in [7, 11) is 0. The number of hydrogen-bond donors (Lipinski definition) is 0. The lowest BCUT2D eigenvalue weighted by Crippen LogP contribution is -2.32. The van der Waals surface area contributed by atoms with Crippen LogP contribution in [0.25, 0.3) is 75.8 Å². The average Bonchev–Trinajstić information content (AvgIpc) is 3.74. The molecule has 0 bridgehead atoms. The zero-order chi connectivity index (χ0) is 34.7. The highest BCUT2D eigenvalue weighted by Gasteiger charge is 2.51. The second-order valence-electron chi connectivity index (χ2n) is 13.9. The first-order valence-corrected chi connectivity index (χ1v) is 18.7. The number of aromatic nitrogens is 3. The van der Waals surface area contributed by atoms with Crippen LogP contribution >= 0.6 is 11.3 Å². The maximum Gasteiger partial charge on any atom is 0.180 e. The zero-order valence-corrected chi connectivity index (χ0v) is 29.1. The molecule has 2 aliphatic rings. The summed E-state index contributed by atoms with van der Waals surface area (Å²) in [6.45, 7) is 0. The van der Waals surface area contributed by atoms with Gasteiger partial charge in [-0.1, -0.05) is 127 Å². The molecule has 7 aromatic carbocycles. The van der Waals surface area contributed by atoms with E-state index in [-0.39, 0.29) is 0 Å². The van der Waals surface area contributed by atoms with Crippen molar-refractivity contribution in [2.45, 2.75) is 5.41 Å². The van der Waals surface area contributed by atoms with Crippen molar-refractivity contribution in [3.8, 4) is 45.4 Å². The lowest BCUT2D eigenvalue weighted by Gasteiger charge is -2.39. The van der Waals surface area contributed by atoms with E-state index in [0.717, 1.165) is 66.0 Å². The van der Waals surface area contributed by atoms with Crippen LogP contribution in [0.3, 0.4) is 0 Å². The van der Waals surface area contributed by atoms with Gasteiger partial charge in [0.15, 0.2) is 5.82 Å². The van der Waals surface area contributed by atoms with Crippen LogP contribution in [0.1, 0.15) is 22.3 Å². The molecule has 246 valence electrons. The van der Waals surface area contributed by atoms with Gasteiger partial charge in [0.1, 0.15) is 17.2 Å². The molecule has 0 saturated heterocycles. The van der Waals surface area contributed by atoms with E-state index in [4.69, 9.17) is 19.7 Å². The predicted molar refractivity (Wildman–Crippen MR) is 216 cm³/mol. The van der Waals surface area contributed by atoms with E-state index in [2.05, 4.69) is 152 Å². The molecule has 1 aliphatic heterocycles. The first kappa shape index (κ1) is 28.9. The largest absolute Gasteiger partial charge is 0.457 e. The van der Waals surface area contributed by atoms with Gasteiger partial charge in [0, 0.05) is 38.4 Å². The Morgan fingerprint density at radius 3 is 2.00 bits per heavy atom. The van der Waals surface area contributed by atoms with Gasteiger partial charge in [-0.3, -0.25) is 4.98 Å². The fourth-order valence-electron chi connectivity index (χ4n) is 9.00. The van der Waals surface area contributed by atoms with Gasteiger partial charge in [-0.2, -0.15) is 0 Å². The number of hydrogen-bond acceptors (Lipinski definition) is 5. The van der Waals surface area contributed by atoms with Crippen LogP contribution in [0, 0.1) is 0 Å². The number of para-hydroxylation sites is 2. The Labute approximate surface area is 308 Å². The first-order chi connectivity index (χ1) is 26.3. The average molecular weight is 694 g/mol. The quantitative estimate of drug-likeness (QED) is 0.181. The van der Waals surface area contributed by atoms with Crippen molar-refractivity contribution in [1.29, 1.82) is 0 Å². The van der Waals surface area contributed by atoms with E-state index < -0.39 is 5.41 Å². The second kappa shape index (κ2) is 10.7. The molecule has 0 N–H and O–H groups in total. The molecule has 3 aromatic heterocycles.